The van der Waals surface area contributed by atoms with Gasteiger partial charge in [-0.15, -0.1) is 0 Å². The van der Waals surface area contributed by atoms with Gasteiger partial charge in [0.05, 0.1) is 6.04 Å². The van der Waals surface area contributed by atoms with E-state index in [1.165, 1.54) is 0 Å². The van der Waals surface area contributed by atoms with Crippen molar-refractivity contribution in [1.29, 1.82) is 0 Å². The number of nitrogens with zero attached hydrogens (tertiary/aromatic N) is 1. The fourth-order valence-electron chi connectivity index (χ4n) is 2.71. The Morgan fingerprint density at radius 1 is 1.26 bits per heavy atom. The molecule has 2 heterocycles. The average Bonchev–Trinajstić information content (AvgIpc) is 3.02. The molecular formula is C18H19N3O2. The van der Waals surface area contributed by atoms with E-state index in [1.807, 2.05) is 49.5 Å². The van der Waals surface area contributed by atoms with Gasteiger partial charge in [-0.3, -0.25) is 14.6 Å². The van der Waals surface area contributed by atoms with E-state index >= 15 is 0 Å². The summed E-state index contributed by atoms with van der Waals surface area (Å²) in [6, 6.07) is 11.4. The molecule has 3 rings (SSSR count). The van der Waals surface area contributed by atoms with Gasteiger partial charge in [0.1, 0.15) is 6.04 Å². The van der Waals surface area contributed by atoms with E-state index < -0.39 is 6.04 Å². The lowest BCUT2D eigenvalue weighted by molar-refractivity contribution is -0.126. The molecule has 0 saturated carbocycles. The van der Waals surface area contributed by atoms with E-state index in [-0.39, 0.29) is 17.9 Å². The summed E-state index contributed by atoms with van der Waals surface area (Å²) in [6.45, 7) is 1.94. The minimum Gasteiger partial charge on any atom is -0.348 e. The summed E-state index contributed by atoms with van der Waals surface area (Å²) in [5.41, 5.74) is 3.17. The van der Waals surface area contributed by atoms with Crippen LogP contribution < -0.4 is 10.6 Å². The van der Waals surface area contributed by atoms with Gasteiger partial charge in [-0.1, -0.05) is 30.3 Å². The lowest BCUT2D eigenvalue weighted by atomic mass is 10.0. The molecule has 118 valence electrons. The van der Waals surface area contributed by atoms with Crippen LogP contribution in [0.2, 0.25) is 0 Å². The summed E-state index contributed by atoms with van der Waals surface area (Å²) in [5, 5.41) is 5.64. The molecule has 1 saturated heterocycles. The van der Waals surface area contributed by atoms with Crippen LogP contribution in [0.5, 0.6) is 0 Å². The van der Waals surface area contributed by atoms with Gasteiger partial charge >= 0.3 is 0 Å². The van der Waals surface area contributed by atoms with Crippen molar-refractivity contribution in [1.82, 2.24) is 15.6 Å². The molecule has 0 unspecified atom stereocenters. The second kappa shape index (κ2) is 6.60. The molecule has 1 fully saturated rings. The van der Waals surface area contributed by atoms with Gasteiger partial charge in [0.2, 0.25) is 11.8 Å². The first-order valence-electron chi connectivity index (χ1n) is 7.73. The van der Waals surface area contributed by atoms with Gasteiger partial charge in [-0.05, 0) is 36.1 Å². The first kappa shape index (κ1) is 15.2. The summed E-state index contributed by atoms with van der Waals surface area (Å²) >= 11 is 0. The maximum absolute atomic E-state index is 12.1. The summed E-state index contributed by atoms with van der Waals surface area (Å²) in [5.74, 6) is -0.182. The van der Waals surface area contributed by atoms with Crippen LogP contribution in [-0.2, 0) is 9.59 Å². The standard InChI is InChI=1S/C18H19N3O2/c1-12(20-18(23)16-8-9-17(22)21-16)13-4-6-14(7-5-13)15-3-2-10-19-11-15/h2-7,10-12,16H,8-9H2,1H3,(H,20,23)(H,21,22)/t12-,16+/m0/s1. The predicted octanol–water partition coefficient (Wildman–Crippen LogP) is 2.20. The SMILES string of the molecule is C[C@H](NC(=O)[C@H]1CCC(=O)N1)c1ccc(-c2cccnc2)cc1. The Kier molecular flexibility index (Phi) is 4.37. The number of carbonyl (C=O) groups is 2. The first-order valence-corrected chi connectivity index (χ1v) is 7.73. The van der Waals surface area contributed by atoms with Crippen molar-refractivity contribution in [2.24, 2.45) is 0 Å². The largest absolute Gasteiger partial charge is 0.348 e. The number of rotatable bonds is 4. The first-order chi connectivity index (χ1) is 11.1. The second-order valence-corrected chi connectivity index (χ2v) is 5.75. The van der Waals surface area contributed by atoms with Crippen molar-refractivity contribution < 1.29 is 9.59 Å². The molecule has 23 heavy (non-hydrogen) atoms. The Morgan fingerprint density at radius 2 is 2.04 bits per heavy atom. The molecule has 0 aliphatic carbocycles. The van der Waals surface area contributed by atoms with Crippen LogP contribution in [0.1, 0.15) is 31.4 Å². The van der Waals surface area contributed by atoms with E-state index in [0.29, 0.717) is 12.8 Å². The Morgan fingerprint density at radius 3 is 2.65 bits per heavy atom. The van der Waals surface area contributed by atoms with E-state index in [9.17, 15) is 9.59 Å². The van der Waals surface area contributed by atoms with E-state index in [1.54, 1.807) is 6.20 Å². The van der Waals surface area contributed by atoms with Gasteiger partial charge < -0.3 is 10.6 Å². The zero-order valence-corrected chi connectivity index (χ0v) is 13.0. The Hall–Kier alpha value is -2.69. The van der Waals surface area contributed by atoms with Gasteiger partial charge in [0.25, 0.3) is 0 Å². The lowest BCUT2D eigenvalue weighted by Crippen LogP contribution is -2.42. The molecule has 0 bridgehead atoms. The zero-order chi connectivity index (χ0) is 16.2. The van der Waals surface area contributed by atoms with Crippen molar-refractivity contribution in [3.8, 4) is 11.1 Å². The highest BCUT2D eigenvalue weighted by Crippen LogP contribution is 2.21. The van der Waals surface area contributed by atoms with Crippen molar-refractivity contribution in [2.75, 3.05) is 0 Å². The minimum atomic E-state index is -0.403. The molecule has 5 nitrogen and oxygen atoms in total. The molecule has 2 N–H and O–H groups in total. The second-order valence-electron chi connectivity index (χ2n) is 5.75. The van der Waals surface area contributed by atoms with E-state index in [4.69, 9.17) is 0 Å². The molecule has 1 aliphatic rings. The highest BCUT2D eigenvalue weighted by atomic mass is 16.2. The number of pyridine rings is 1. The number of amides is 2. The number of aromatic nitrogens is 1. The Labute approximate surface area is 135 Å². The minimum absolute atomic E-state index is 0.0568. The monoisotopic (exact) mass is 309 g/mol. The van der Waals surface area contributed by atoms with E-state index in [2.05, 4.69) is 15.6 Å². The van der Waals surface area contributed by atoms with Crippen LogP contribution >= 0.6 is 0 Å². The molecule has 0 radical (unpaired) electrons. The molecule has 1 aromatic heterocycles. The molecule has 1 aliphatic heterocycles. The number of hydrogen-bond acceptors (Lipinski definition) is 3. The zero-order valence-electron chi connectivity index (χ0n) is 13.0. The van der Waals surface area contributed by atoms with Crippen LogP contribution in [-0.4, -0.2) is 22.8 Å². The fourth-order valence-corrected chi connectivity index (χ4v) is 2.71. The number of hydrogen-bond donors (Lipinski definition) is 2. The van der Waals surface area contributed by atoms with E-state index in [0.717, 1.165) is 16.7 Å². The summed E-state index contributed by atoms with van der Waals surface area (Å²) in [6.07, 6.45) is 4.56. The summed E-state index contributed by atoms with van der Waals surface area (Å²) < 4.78 is 0. The Balaban J connectivity index is 1.65. The van der Waals surface area contributed by atoms with Gasteiger partial charge in [-0.2, -0.15) is 0 Å². The smallest absolute Gasteiger partial charge is 0.243 e. The average molecular weight is 309 g/mol. The van der Waals surface area contributed by atoms with Crippen LogP contribution in [0.4, 0.5) is 0 Å². The summed E-state index contributed by atoms with van der Waals surface area (Å²) in [7, 11) is 0. The molecule has 1 aromatic carbocycles. The van der Waals surface area contributed by atoms with Crippen LogP contribution in [0.25, 0.3) is 11.1 Å². The number of benzene rings is 1. The molecule has 2 atom stereocenters. The van der Waals surface area contributed by atoms with Crippen LogP contribution in [0.3, 0.4) is 0 Å². The number of nitrogens with one attached hydrogen (secondary N) is 2. The van der Waals surface area contributed by atoms with Crippen molar-refractivity contribution in [3.05, 3.63) is 54.4 Å². The third kappa shape index (κ3) is 3.56. The molecule has 2 amide bonds. The van der Waals surface area contributed by atoms with Crippen molar-refractivity contribution in [2.45, 2.75) is 31.8 Å². The maximum atomic E-state index is 12.1. The van der Waals surface area contributed by atoms with Gasteiger partial charge in [-0.25, -0.2) is 0 Å². The van der Waals surface area contributed by atoms with Gasteiger partial charge in [0, 0.05) is 18.8 Å². The topological polar surface area (TPSA) is 71.1 Å². The number of carbonyl (C=O) groups excluding carboxylic acids is 2. The highest BCUT2D eigenvalue weighted by molar-refractivity contribution is 5.90. The van der Waals surface area contributed by atoms with Crippen molar-refractivity contribution in [3.63, 3.8) is 0 Å². The molecule has 5 heteroatoms. The lowest BCUT2D eigenvalue weighted by Gasteiger charge is -2.17. The molecular weight excluding hydrogens is 290 g/mol. The fraction of sp³-hybridized carbons (Fsp3) is 0.278. The third-order valence-corrected chi connectivity index (χ3v) is 4.08. The van der Waals surface area contributed by atoms with Gasteiger partial charge in [0.15, 0.2) is 0 Å². The highest BCUT2D eigenvalue weighted by Gasteiger charge is 2.27. The third-order valence-electron chi connectivity index (χ3n) is 4.08. The predicted molar refractivity (Wildman–Crippen MR) is 87.4 cm³/mol. The van der Waals surface area contributed by atoms with Crippen molar-refractivity contribution >= 4 is 11.8 Å². The molecule has 2 aromatic rings. The summed E-state index contributed by atoms with van der Waals surface area (Å²) in [4.78, 5) is 27.4. The van der Waals surface area contributed by atoms with Crippen LogP contribution in [0.15, 0.2) is 48.8 Å². The maximum Gasteiger partial charge on any atom is 0.243 e. The Bertz CT molecular complexity index is 698. The normalized spacial score (nSPS) is 18.3. The molecule has 0 spiro atoms. The quantitative estimate of drug-likeness (QED) is 0.909. The van der Waals surface area contributed by atoms with Crippen LogP contribution in [0, 0.1) is 0 Å².